The van der Waals surface area contributed by atoms with E-state index in [0.29, 0.717) is 17.4 Å². The number of carbonyl (C=O) groups excluding carboxylic acids is 2. The van der Waals surface area contributed by atoms with Crippen molar-refractivity contribution in [3.8, 4) is 0 Å². The number of unbranched alkanes of at least 4 members (excludes halogenated alkanes) is 34. The molecule has 0 aromatic heterocycles. The molecule has 454 valence electrons. The molecule has 0 heterocycles. The first-order chi connectivity index (χ1) is 38.0. The molecule has 0 radical (unpaired) electrons. The van der Waals surface area contributed by atoms with Gasteiger partial charge in [-0.05, 0) is 89.9 Å². The summed E-state index contributed by atoms with van der Waals surface area (Å²) in [5, 5.41) is 0. The number of esters is 2. The van der Waals surface area contributed by atoms with E-state index < -0.39 is 26.5 Å². The molecule has 0 aliphatic heterocycles. The smallest absolute Gasteiger partial charge is 0.462 e. The fourth-order valence-electron chi connectivity index (χ4n) is 9.15. The molecule has 0 spiro atoms. The fourth-order valence-corrected chi connectivity index (χ4v) is 9.89. The third-order valence-corrected chi connectivity index (χ3v) is 15.2. The third kappa shape index (κ3) is 62.6. The van der Waals surface area contributed by atoms with Crippen molar-refractivity contribution in [2.45, 2.75) is 302 Å². The van der Waals surface area contributed by atoms with Gasteiger partial charge < -0.3 is 18.9 Å². The first-order valence-corrected chi connectivity index (χ1v) is 34.2. The zero-order valence-electron chi connectivity index (χ0n) is 51.6. The van der Waals surface area contributed by atoms with Gasteiger partial charge in [-0.1, -0.05) is 267 Å². The lowest BCUT2D eigenvalue weighted by Gasteiger charge is -2.24. The van der Waals surface area contributed by atoms with Crippen molar-refractivity contribution >= 4 is 19.8 Å². The highest BCUT2D eigenvalue weighted by Crippen LogP contribution is 2.43. The summed E-state index contributed by atoms with van der Waals surface area (Å²) in [5.41, 5.74) is 0. The van der Waals surface area contributed by atoms with Crippen LogP contribution < -0.4 is 0 Å². The molecule has 78 heavy (non-hydrogen) atoms. The second-order valence-electron chi connectivity index (χ2n) is 23.1. The van der Waals surface area contributed by atoms with Gasteiger partial charge in [0.2, 0.25) is 0 Å². The monoisotopic (exact) mass is 1110 g/mol. The lowest BCUT2D eigenvalue weighted by molar-refractivity contribution is -0.870. The zero-order chi connectivity index (χ0) is 57.0. The molecule has 9 nitrogen and oxygen atoms in total. The summed E-state index contributed by atoms with van der Waals surface area (Å²) < 4.78 is 34.6. The maximum Gasteiger partial charge on any atom is 0.472 e. The van der Waals surface area contributed by atoms with Crippen LogP contribution in [0.5, 0.6) is 0 Å². The van der Waals surface area contributed by atoms with Crippen molar-refractivity contribution in [1.29, 1.82) is 0 Å². The molecule has 10 heteroatoms. The van der Waals surface area contributed by atoms with Crippen LogP contribution in [0.25, 0.3) is 0 Å². The Labute approximate surface area is 482 Å². The van der Waals surface area contributed by atoms with E-state index in [4.69, 9.17) is 18.5 Å². The number of hydrogen-bond donors (Lipinski definition) is 1. The molecule has 0 aliphatic carbocycles. The molecule has 0 saturated heterocycles. The lowest BCUT2D eigenvalue weighted by Crippen LogP contribution is -2.37. The predicted molar refractivity (Wildman–Crippen MR) is 335 cm³/mol. The molecule has 0 rings (SSSR count). The first-order valence-electron chi connectivity index (χ1n) is 32.7. The van der Waals surface area contributed by atoms with Gasteiger partial charge in [-0.15, -0.1) is 0 Å². The van der Waals surface area contributed by atoms with Crippen molar-refractivity contribution in [2.75, 3.05) is 47.5 Å². The molecule has 0 aromatic carbocycles. The van der Waals surface area contributed by atoms with Crippen molar-refractivity contribution in [2.24, 2.45) is 0 Å². The minimum atomic E-state index is -4.39. The highest BCUT2D eigenvalue weighted by atomic mass is 31.2. The van der Waals surface area contributed by atoms with E-state index in [1.165, 1.54) is 193 Å². The Morgan fingerprint density at radius 3 is 1.03 bits per heavy atom. The molecule has 1 N–H and O–H groups in total. The fraction of sp³-hybridized carbons (Fsp3) is 0.794. The Bertz CT molecular complexity index is 1550. The summed E-state index contributed by atoms with van der Waals surface area (Å²) in [6, 6.07) is 0. The van der Waals surface area contributed by atoms with Gasteiger partial charge in [-0.2, -0.15) is 0 Å². The molecule has 0 aromatic rings. The molecule has 0 amide bonds. The average Bonchev–Trinajstić information content (AvgIpc) is 3.41. The third-order valence-electron chi connectivity index (χ3n) is 14.2. The molecular formula is C68H125NO8P+. The van der Waals surface area contributed by atoms with Gasteiger partial charge in [-0.3, -0.25) is 18.6 Å². The highest BCUT2D eigenvalue weighted by Gasteiger charge is 2.27. The summed E-state index contributed by atoms with van der Waals surface area (Å²) in [4.78, 5) is 35.8. The van der Waals surface area contributed by atoms with E-state index in [1.807, 2.05) is 21.1 Å². The Morgan fingerprint density at radius 1 is 0.397 bits per heavy atom. The molecule has 0 bridgehead atoms. The van der Waals surface area contributed by atoms with Crippen molar-refractivity contribution in [3.63, 3.8) is 0 Å². The lowest BCUT2D eigenvalue weighted by atomic mass is 10.0. The van der Waals surface area contributed by atoms with Crippen LogP contribution in [0, 0.1) is 0 Å². The number of phosphoric ester groups is 1. The maximum absolute atomic E-state index is 12.9. The van der Waals surface area contributed by atoms with Crippen LogP contribution in [0.4, 0.5) is 0 Å². The van der Waals surface area contributed by atoms with E-state index in [1.54, 1.807) is 0 Å². The number of allylic oxidation sites excluding steroid dienone is 12. The number of quaternary nitrogens is 1. The second-order valence-corrected chi connectivity index (χ2v) is 24.6. The second kappa shape index (κ2) is 59.1. The maximum atomic E-state index is 12.9. The topological polar surface area (TPSA) is 108 Å². The van der Waals surface area contributed by atoms with Gasteiger partial charge in [-0.25, -0.2) is 4.57 Å². The van der Waals surface area contributed by atoms with Crippen LogP contribution in [0.15, 0.2) is 72.9 Å². The van der Waals surface area contributed by atoms with Gasteiger partial charge >= 0.3 is 19.8 Å². The Kier molecular flexibility index (Phi) is 57.2. The number of likely N-dealkylation sites (N-methyl/N-ethyl adjacent to an activating group) is 1. The Balaban J connectivity index is 4.07. The molecule has 0 saturated carbocycles. The van der Waals surface area contributed by atoms with Crippen LogP contribution in [-0.2, 0) is 32.7 Å². The number of carbonyl (C=O) groups is 2. The molecule has 2 atom stereocenters. The molecular weight excluding hydrogens is 990 g/mol. The number of ether oxygens (including phenoxy) is 2. The number of nitrogens with zero attached hydrogens (tertiary/aromatic N) is 1. The van der Waals surface area contributed by atoms with Gasteiger partial charge in [0.05, 0.1) is 27.7 Å². The van der Waals surface area contributed by atoms with Crippen molar-refractivity contribution < 1.29 is 42.1 Å². The summed E-state index contributed by atoms with van der Waals surface area (Å²) in [7, 11) is 1.47. The number of rotatable bonds is 60. The van der Waals surface area contributed by atoms with Gasteiger partial charge in [0.15, 0.2) is 6.10 Å². The van der Waals surface area contributed by atoms with Crippen LogP contribution in [0.3, 0.4) is 0 Å². The molecule has 0 aliphatic rings. The minimum absolute atomic E-state index is 0.0280. The Hall–Kier alpha value is -2.55. The minimum Gasteiger partial charge on any atom is -0.462 e. The van der Waals surface area contributed by atoms with Crippen LogP contribution >= 0.6 is 7.82 Å². The standard InChI is InChI=1S/C68H124NO8P/c1-6-8-10-12-14-16-18-20-22-24-26-28-29-30-31-32-33-34-35-36-37-38-39-41-43-45-47-49-51-53-55-57-59-61-68(71)77-66(65-76-78(72,73)75-63-62-69(3,4)5)64-74-67(70)60-58-56-54-52-50-48-46-44-42-40-27-25-23-21-19-17-15-13-11-9-7-2/h18-21,24-27,29-30,42,44,66H,6-17,22-23,28,31-41,43,45-65H2,1-5H3/p+1/b20-18-,21-19-,26-24-,27-25-,30-29-,44-42-. The van der Waals surface area contributed by atoms with Gasteiger partial charge in [0, 0.05) is 12.8 Å². The summed E-state index contributed by atoms with van der Waals surface area (Å²) in [6.45, 7) is 4.42. The highest BCUT2D eigenvalue weighted by molar-refractivity contribution is 7.47. The largest absolute Gasteiger partial charge is 0.472 e. The van der Waals surface area contributed by atoms with E-state index in [2.05, 4.69) is 86.8 Å². The van der Waals surface area contributed by atoms with Gasteiger partial charge in [0.25, 0.3) is 0 Å². The van der Waals surface area contributed by atoms with E-state index >= 15 is 0 Å². The van der Waals surface area contributed by atoms with E-state index in [9.17, 15) is 19.0 Å². The Morgan fingerprint density at radius 2 is 0.692 bits per heavy atom. The molecule has 0 fully saturated rings. The van der Waals surface area contributed by atoms with E-state index in [-0.39, 0.29) is 32.0 Å². The van der Waals surface area contributed by atoms with Crippen LogP contribution in [0.1, 0.15) is 296 Å². The SMILES string of the molecule is CCCCCCC/C=C\C/C=C\C/C=C\CCCCCCCCCCCCCCCCCCCCC(=O)OC(COC(=O)CCCCCCCC/C=C\C/C=C\C/C=C\CCCCCCC)COP(=O)(O)OCC[N+](C)(C)C. The number of phosphoric acid groups is 1. The summed E-state index contributed by atoms with van der Waals surface area (Å²) in [5.74, 6) is -0.804. The van der Waals surface area contributed by atoms with Gasteiger partial charge in [0.1, 0.15) is 19.8 Å². The quantitative estimate of drug-likeness (QED) is 0.0211. The van der Waals surface area contributed by atoms with Crippen LogP contribution in [0.2, 0.25) is 0 Å². The normalized spacial score (nSPS) is 13.7. The summed E-state index contributed by atoms with van der Waals surface area (Å²) >= 11 is 0. The number of hydrogen-bond acceptors (Lipinski definition) is 7. The van der Waals surface area contributed by atoms with E-state index in [0.717, 1.165) is 70.6 Å². The van der Waals surface area contributed by atoms with Crippen molar-refractivity contribution in [1.82, 2.24) is 0 Å². The van der Waals surface area contributed by atoms with Crippen molar-refractivity contribution in [3.05, 3.63) is 72.9 Å². The average molecular weight is 1120 g/mol. The first kappa shape index (κ1) is 75.5. The molecule has 2 unspecified atom stereocenters. The zero-order valence-corrected chi connectivity index (χ0v) is 52.5. The van der Waals surface area contributed by atoms with Crippen LogP contribution in [-0.4, -0.2) is 74.9 Å². The summed E-state index contributed by atoms with van der Waals surface area (Å²) in [6.07, 6.45) is 78.5. The predicted octanol–water partition coefficient (Wildman–Crippen LogP) is 20.8.